The second-order valence-corrected chi connectivity index (χ2v) is 10.4. The first kappa shape index (κ1) is 33.0. The Labute approximate surface area is 259 Å². The molecule has 0 saturated carbocycles. The summed E-state index contributed by atoms with van der Waals surface area (Å²) >= 11 is 1.28. The highest BCUT2D eigenvalue weighted by Gasteiger charge is 2.30. The Balaban J connectivity index is 1.62. The van der Waals surface area contributed by atoms with E-state index >= 15 is 0 Å². The number of carbonyl (C=O) groups is 1. The molecule has 4 rings (SSSR count). The van der Waals surface area contributed by atoms with E-state index in [4.69, 9.17) is 9.47 Å². The number of ether oxygens (including phenoxy) is 2. The van der Waals surface area contributed by atoms with Crippen LogP contribution in [0.5, 0.6) is 5.75 Å². The molecule has 0 radical (unpaired) electrons. The molecule has 0 aliphatic rings. The minimum Gasteiger partial charge on any atom is -0.482 e. The number of hydrogen-bond acceptors (Lipinski definition) is 5. The fourth-order valence-electron chi connectivity index (χ4n) is 3.77. The van der Waals surface area contributed by atoms with Gasteiger partial charge in [-0.2, -0.15) is 26.3 Å². The second kappa shape index (κ2) is 14.3. The van der Waals surface area contributed by atoms with Crippen LogP contribution in [-0.4, -0.2) is 24.2 Å². The molecule has 0 atom stereocenters. The van der Waals surface area contributed by atoms with E-state index in [2.05, 4.69) is 28.7 Å². The average Bonchev–Trinajstić information content (AvgIpc) is 2.98. The van der Waals surface area contributed by atoms with Crippen molar-refractivity contribution in [2.45, 2.75) is 36.1 Å². The van der Waals surface area contributed by atoms with Crippen LogP contribution >= 0.6 is 11.8 Å². The van der Waals surface area contributed by atoms with Gasteiger partial charge in [-0.25, -0.2) is 9.78 Å². The largest absolute Gasteiger partial charge is 0.482 e. The molecule has 0 N–H and O–H groups in total. The molecule has 0 bridgehead atoms. The van der Waals surface area contributed by atoms with E-state index in [1.54, 1.807) is 31.2 Å². The zero-order chi connectivity index (χ0) is 32.6. The Hall–Kier alpha value is -4.87. The van der Waals surface area contributed by atoms with Gasteiger partial charge in [0.25, 0.3) is 0 Å². The molecule has 3 aromatic carbocycles. The van der Waals surface area contributed by atoms with E-state index in [-0.39, 0.29) is 18.9 Å². The summed E-state index contributed by atoms with van der Waals surface area (Å²) in [5.41, 5.74) is 0.625. The van der Waals surface area contributed by atoms with Crippen LogP contribution in [0.25, 0.3) is 0 Å². The number of rotatable bonds is 6. The second-order valence-electron chi connectivity index (χ2n) is 9.35. The first-order chi connectivity index (χ1) is 21.3. The highest BCUT2D eigenvalue weighted by Crippen LogP contribution is 2.32. The van der Waals surface area contributed by atoms with Crippen LogP contribution < -0.4 is 4.74 Å². The molecular formula is C34H23F6NO3S. The van der Waals surface area contributed by atoms with Crippen LogP contribution in [0.15, 0.2) is 88.8 Å². The van der Waals surface area contributed by atoms with Crippen molar-refractivity contribution in [1.29, 1.82) is 0 Å². The van der Waals surface area contributed by atoms with Crippen LogP contribution in [-0.2, 0) is 21.9 Å². The first-order valence-corrected chi connectivity index (χ1v) is 14.1. The van der Waals surface area contributed by atoms with Gasteiger partial charge in [-0.3, -0.25) is 0 Å². The number of hydrogen-bond donors (Lipinski definition) is 0. The van der Waals surface area contributed by atoms with Crippen LogP contribution in [0.3, 0.4) is 0 Å². The van der Waals surface area contributed by atoms with E-state index in [9.17, 15) is 31.1 Å². The average molecular weight is 640 g/mol. The van der Waals surface area contributed by atoms with Crippen molar-refractivity contribution < 1.29 is 40.6 Å². The normalized spacial score (nSPS) is 11.1. The number of nitrogens with zero attached hydrogens (tertiary/aromatic N) is 1. The number of halogens is 6. The first-order valence-electron chi connectivity index (χ1n) is 13.3. The highest BCUT2D eigenvalue weighted by molar-refractivity contribution is 7.99. The molecule has 45 heavy (non-hydrogen) atoms. The minimum atomic E-state index is -4.47. The Kier molecular flexibility index (Phi) is 10.5. The predicted molar refractivity (Wildman–Crippen MR) is 157 cm³/mol. The van der Waals surface area contributed by atoms with Crippen molar-refractivity contribution in [3.63, 3.8) is 0 Å². The molecule has 0 unspecified atom stereocenters. The summed E-state index contributed by atoms with van der Waals surface area (Å²) in [5, 5.41) is 0.491. The SMILES string of the molecule is CCOC(=O)COc1ccc(Sc2cc(C#Cc3ccc(C(F)(F)F)cc3)cc(C#Cc3ccc(C(F)(F)F)cc3)n2)cc1C. The molecule has 4 aromatic rings. The zero-order valence-corrected chi connectivity index (χ0v) is 24.6. The van der Waals surface area contributed by atoms with Gasteiger partial charge in [0.15, 0.2) is 6.61 Å². The van der Waals surface area contributed by atoms with E-state index in [1.807, 2.05) is 13.0 Å². The molecule has 1 aromatic heterocycles. The monoisotopic (exact) mass is 639 g/mol. The number of aryl methyl sites for hydroxylation is 1. The van der Waals surface area contributed by atoms with E-state index in [0.717, 1.165) is 34.7 Å². The number of esters is 1. The van der Waals surface area contributed by atoms with Crippen molar-refractivity contribution >= 4 is 17.7 Å². The molecule has 1 heterocycles. The fourth-order valence-corrected chi connectivity index (χ4v) is 4.71. The molecule has 230 valence electrons. The van der Waals surface area contributed by atoms with Crippen LogP contribution in [0.2, 0.25) is 0 Å². The summed E-state index contributed by atoms with van der Waals surface area (Å²) in [7, 11) is 0. The quantitative estimate of drug-likeness (QED) is 0.121. The zero-order valence-electron chi connectivity index (χ0n) is 23.8. The Morgan fingerprint density at radius 3 is 1.84 bits per heavy atom. The standard InChI is InChI=1S/C34H23F6NO3S/c1-3-43-32(42)21-44-30-17-16-29(18-22(30)2)45-31-20-25(5-4-23-6-11-26(12-7-23)33(35,36)37)19-28(41-31)15-10-24-8-13-27(14-9-24)34(38,39)40/h6-9,11-14,16-20H,3,21H2,1-2H3. The lowest BCUT2D eigenvalue weighted by molar-refractivity contribution is -0.145. The van der Waals surface area contributed by atoms with Gasteiger partial charge in [0.2, 0.25) is 0 Å². The van der Waals surface area contributed by atoms with Crippen LogP contribution in [0.1, 0.15) is 46.0 Å². The van der Waals surface area contributed by atoms with Crippen molar-refractivity contribution in [2.75, 3.05) is 13.2 Å². The molecule has 0 saturated heterocycles. The summed E-state index contributed by atoms with van der Waals surface area (Å²) in [6.45, 7) is 3.52. The molecule has 0 amide bonds. The van der Waals surface area contributed by atoms with Gasteiger partial charge >= 0.3 is 18.3 Å². The summed E-state index contributed by atoms with van der Waals surface area (Å²) in [4.78, 5) is 17.0. The van der Waals surface area contributed by atoms with Gasteiger partial charge in [-0.05, 0) is 104 Å². The molecule has 0 spiro atoms. The van der Waals surface area contributed by atoms with Crippen LogP contribution in [0, 0.1) is 30.6 Å². The lowest BCUT2D eigenvalue weighted by Gasteiger charge is -2.10. The van der Waals surface area contributed by atoms with E-state index < -0.39 is 29.4 Å². The summed E-state index contributed by atoms with van der Waals surface area (Å²) in [6.07, 6.45) is -8.93. The van der Waals surface area contributed by atoms with Gasteiger partial charge in [0, 0.05) is 21.6 Å². The minimum absolute atomic E-state index is 0.233. The summed E-state index contributed by atoms with van der Waals surface area (Å²) in [5.74, 6) is 11.4. The number of carbonyl (C=O) groups excluding carboxylic acids is 1. The highest BCUT2D eigenvalue weighted by atomic mass is 32.2. The van der Waals surface area contributed by atoms with Gasteiger partial charge in [-0.1, -0.05) is 29.5 Å². The maximum Gasteiger partial charge on any atom is 0.416 e. The molecular weight excluding hydrogens is 616 g/mol. The third kappa shape index (κ3) is 9.82. The number of benzene rings is 3. The van der Waals surface area contributed by atoms with Crippen molar-refractivity contribution in [1.82, 2.24) is 4.98 Å². The molecule has 0 aliphatic carbocycles. The van der Waals surface area contributed by atoms with Gasteiger partial charge in [0.1, 0.15) is 16.5 Å². The smallest absolute Gasteiger partial charge is 0.416 e. The number of alkyl halides is 6. The van der Waals surface area contributed by atoms with Crippen molar-refractivity contribution in [3.8, 4) is 29.4 Å². The molecule has 0 fully saturated rings. The van der Waals surface area contributed by atoms with Gasteiger partial charge in [0.05, 0.1) is 17.7 Å². The van der Waals surface area contributed by atoms with Crippen molar-refractivity contribution in [3.05, 3.63) is 118 Å². The lowest BCUT2D eigenvalue weighted by atomic mass is 10.1. The molecule has 0 aliphatic heterocycles. The number of pyridine rings is 1. The van der Waals surface area contributed by atoms with Crippen molar-refractivity contribution in [2.24, 2.45) is 0 Å². The van der Waals surface area contributed by atoms with E-state index in [1.165, 1.54) is 36.0 Å². The Morgan fingerprint density at radius 1 is 0.756 bits per heavy atom. The fraction of sp³-hybridized carbons (Fsp3) is 0.176. The third-order valence-electron chi connectivity index (χ3n) is 5.93. The Morgan fingerprint density at radius 2 is 1.31 bits per heavy atom. The van der Waals surface area contributed by atoms with E-state index in [0.29, 0.717) is 27.5 Å². The predicted octanol–water partition coefficient (Wildman–Crippen LogP) is 8.32. The maximum atomic E-state index is 12.9. The Bertz CT molecular complexity index is 1700. The van der Waals surface area contributed by atoms with Gasteiger partial charge < -0.3 is 9.47 Å². The maximum absolute atomic E-state index is 12.9. The van der Waals surface area contributed by atoms with Crippen LogP contribution in [0.4, 0.5) is 26.3 Å². The number of aromatic nitrogens is 1. The van der Waals surface area contributed by atoms with Gasteiger partial charge in [-0.15, -0.1) is 0 Å². The topological polar surface area (TPSA) is 48.4 Å². The molecule has 11 heteroatoms. The third-order valence-corrected chi connectivity index (χ3v) is 6.84. The lowest BCUT2D eigenvalue weighted by Crippen LogP contribution is -2.14. The molecule has 4 nitrogen and oxygen atoms in total. The summed E-state index contributed by atoms with van der Waals surface area (Å²) in [6, 6.07) is 17.4. The summed E-state index contributed by atoms with van der Waals surface area (Å²) < 4.78 is 87.9.